The van der Waals surface area contributed by atoms with Crippen LogP contribution in [0.2, 0.25) is 0 Å². The van der Waals surface area contributed by atoms with Gasteiger partial charge in [-0.1, -0.05) is 0 Å². The van der Waals surface area contributed by atoms with E-state index in [1.807, 2.05) is 0 Å². The molecule has 0 spiro atoms. The highest BCUT2D eigenvalue weighted by Gasteiger charge is 2.04. The highest BCUT2D eigenvalue weighted by molar-refractivity contribution is 5.60. The molecule has 0 fully saturated rings. The molecule has 0 saturated heterocycles. The summed E-state index contributed by atoms with van der Waals surface area (Å²) >= 11 is 0. The van der Waals surface area contributed by atoms with Gasteiger partial charge in [0.25, 0.3) is 0 Å². The standard InChI is InChI=1S/C9H8N2O2/c12-5-3-9-10-6-7-8(13)2-1-4-11(7)9/h1-2,4-6,13H,3H2. The Bertz CT molecular complexity index is 448. The summed E-state index contributed by atoms with van der Waals surface area (Å²) in [4.78, 5) is 14.3. The summed E-state index contributed by atoms with van der Waals surface area (Å²) < 4.78 is 1.70. The van der Waals surface area contributed by atoms with Crippen molar-refractivity contribution in [3.63, 3.8) is 0 Å². The summed E-state index contributed by atoms with van der Waals surface area (Å²) in [6, 6.07) is 3.29. The lowest BCUT2D eigenvalue weighted by Gasteiger charge is -1.97. The van der Waals surface area contributed by atoms with Crippen LogP contribution < -0.4 is 0 Å². The molecular formula is C9H8N2O2. The summed E-state index contributed by atoms with van der Waals surface area (Å²) in [7, 11) is 0. The van der Waals surface area contributed by atoms with Gasteiger partial charge in [-0.2, -0.15) is 0 Å². The highest BCUT2D eigenvalue weighted by atomic mass is 16.3. The van der Waals surface area contributed by atoms with Gasteiger partial charge in [-0.05, 0) is 12.1 Å². The van der Waals surface area contributed by atoms with Gasteiger partial charge in [-0.15, -0.1) is 0 Å². The molecule has 0 saturated carbocycles. The molecule has 66 valence electrons. The fourth-order valence-corrected chi connectivity index (χ4v) is 1.29. The Morgan fingerprint density at radius 1 is 1.62 bits per heavy atom. The molecule has 4 nitrogen and oxygen atoms in total. The average molecular weight is 176 g/mol. The molecule has 2 aromatic heterocycles. The molecule has 0 unspecified atom stereocenters. The molecule has 13 heavy (non-hydrogen) atoms. The molecule has 1 N–H and O–H groups in total. The number of hydrogen-bond acceptors (Lipinski definition) is 3. The number of rotatable bonds is 2. The van der Waals surface area contributed by atoms with Crippen LogP contribution in [0.5, 0.6) is 5.75 Å². The van der Waals surface area contributed by atoms with Crippen LogP contribution in [0.15, 0.2) is 24.5 Å². The normalized spacial score (nSPS) is 10.5. The van der Waals surface area contributed by atoms with Crippen LogP contribution in [-0.2, 0) is 11.2 Å². The number of carbonyl (C=O) groups is 1. The Hall–Kier alpha value is -1.84. The zero-order valence-electron chi connectivity index (χ0n) is 6.84. The number of aldehydes is 1. The Morgan fingerprint density at radius 2 is 2.46 bits per heavy atom. The smallest absolute Gasteiger partial charge is 0.141 e. The van der Waals surface area contributed by atoms with Crippen molar-refractivity contribution in [3.05, 3.63) is 30.4 Å². The number of aromatic hydroxyl groups is 1. The first-order valence-corrected chi connectivity index (χ1v) is 3.90. The number of carbonyl (C=O) groups excluding carboxylic acids is 1. The van der Waals surface area contributed by atoms with E-state index < -0.39 is 0 Å². The van der Waals surface area contributed by atoms with Gasteiger partial charge in [0.2, 0.25) is 0 Å². The van der Waals surface area contributed by atoms with E-state index in [0.29, 0.717) is 11.3 Å². The summed E-state index contributed by atoms with van der Waals surface area (Å²) in [6.07, 6.45) is 4.37. The maximum absolute atomic E-state index is 10.3. The topological polar surface area (TPSA) is 54.6 Å². The Morgan fingerprint density at radius 3 is 3.23 bits per heavy atom. The quantitative estimate of drug-likeness (QED) is 0.688. The van der Waals surface area contributed by atoms with Gasteiger partial charge >= 0.3 is 0 Å². The predicted molar refractivity (Wildman–Crippen MR) is 46.6 cm³/mol. The van der Waals surface area contributed by atoms with Gasteiger partial charge in [-0.25, -0.2) is 4.98 Å². The second kappa shape index (κ2) is 2.90. The molecule has 0 aliphatic rings. The van der Waals surface area contributed by atoms with Gasteiger partial charge in [0.05, 0.1) is 12.6 Å². The highest BCUT2D eigenvalue weighted by Crippen LogP contribution is 2.18. The molecule has 0 aliphatic heterocycles. The van der Waals surface area contributed by atoms with Gasteiger partial charge in [0.1, 0.15) is 23.4 Å². The number of pyridine rings is 1. The predicted octanol–water partition coefficient (Wildman–Crippen LogP) is 0.781. The average Bonchev–Trinajstić information content (AvgIpc) is 2.51. The molecule has 4 heteroatoms. The molecule has 0 radical (unpaired) electrons. The Balaban J connectivity index is 2.67. The van der Waals surface area contributed by atoms with Crippen LogP contribution in [0.3, 0.4) is 0 Å². The third kappa shape index (κ3) is 1.16. The lowest BCUT2D eigenvalue weighted by atomic mass is 10.4. The molecule has 2 aromatic rings. The fraction of sp³-hybridized carbons (Fsp3) is 0.111. The first-order chi connectivity index (χ1) is 6.33. The summed E-state index contributed by atoms with van der Waals surface area (Å²) in [5.74, 6) is 0.813. The van der Waals surface area contributed by atoms with E-state index in [2.05, 4.69) is 4.98 Å². The van der Waals surface area contributed by atoms with Crippen molar-refractivity contribution >= 4 is 11.8 Å². The lowest BCUT2D eigenvalue weighted by Crippen LogP contribution is -1.94. The van der Waals surface area contributed by atoms with Crippen LogP contribution in [0, 0.1) is 0 Å². The molecule has 2 heterocycles. The largest absolute Gasteiger partial charge is 0.506 e. The molecule has 0 aliphatic carbocycles. The summed E-state index contributed by atoms with van der Waals surface area (Å²) in [6.45, 7) is 0. The molecule has 0 atom stereocenters. The zero-order valence-corrected chi connectivity index (χ0v) is 6.84. The van der Waals surface area contributed by atoms with Crippen molar-refractivity contribution in [2.45, 2.75) is 6.42 Å². The number of fused-ring (bicyclic) bond motifs is 1. The second-order valence-corrected chi connectivity index (χ2v) is 2.69. The van der Waals surface area contributed by atoms with Crippen molar-refractivity contribution in [1.29, 1.82) is 0 Å². The van der Waals surface area contributed by atoms with Crippen molar-refractivity contribution in [1.82, 2.24) is 9.38 Å². The first-order valence-electron chi connectivity index (χ1n) is 3.90. The van der Waals surface area contributed by atoms with E-state index in [0.717, 1.165) is 6.29 Å². The van der Waals surface area contributed by atoms with Crippen LogP contribution >= 0.6 is 0 Å². The monoisotopic (exact) mass is 176 g/mol. The summed E-state index contributed by atoms with van der Waals surface area (Å²) in [5.41, 5.74) is 0.624. The number of aromatic nitrogens is 2. The zero-order chi connectivity index (χ0) is 9.26. The third-order valence-corrected chi connectivity index (χ3v) is 1.89. The minimum Gasteiger partial charge on any atom is -0.506 e. The van der Waals surface area contributed by atoms with E-state index in [1.54, 1.807) is 28.9 Å². The van der Waals surface area contributed by atoms with Crippen LogP contribution in [0.4, 0.5) is 0 Å². The first kappa shape index (κ1) is 7.79. The lowest BCUT2D eigenvalue weighted by molar-refractivity contribution is -0.107. The van der Waals surface area contributed by atoms with E-state index in [9.17, 15) is 9.90 Å². The van der Waals surface area contributed by atoms with Crippen LogP contribution in [0.1, 0.15) is 5.82 Å². The van der Waals surface area contributed by atoms with Crippen molar-refractivity contribution in [2.24, 2.45) is 0 Å². The van der Waals surface area contributed by atoms with Gasteiger partial charge < -0.3 is 14.3 Å². The maximum atomic E-state index is 10.3. The van der Waals surface area contributed by atoms with Crippen LogP contribution in [-0.4, -0.2) is 20.8 Å². The van der Waals surface area contributed by atoms with E-state index in [4.69, 9.17) is 0 Å². The number of imidazole rings is 1. The Kier molecular flexibility index (Phi) is 1.73. The SMILES string of the molecule is O=CCc1ncc2c(O)cccn12. The fourth-order valence-electron chi connectivity index (χ4n) is 1.29. The molecule has 0 bridgehead atoms. The minimum atomic E-state index is 0.173. The number of hydrogen-bond donors (Lipinski definition) is 1. The number of nitrogens with zero attached hydrogens (tertiary/aromatic N) is 2. The second-order valence-electron chi connectivity index (χ2n) is 2.69. The van der Waals surface area contributed by atoms with Gasteiger partial charge in [0, 0.05) is 6.20 Å². The Labute approximate surface area is 74.5 Å². The van der Waals surface area contributed by atoms with Crippen molar-refractivity contribution in [2.75, 3.05) is 0 Å². The van der Waals surface area contributed by atoms with Gasteiger partial charge in [-0.3, -0.25) is 0 Å². The minimum absolute atomic E-state index is 0.173. The van der Waals surface area contributed by atoms with Crippen molar-refractivity contribution < 1.29 is 9.90 Å². The van der Waals surface area contributed by atoms with Crippen LogP contribution in [0.25, 0.3) is 5.52 Å². The molecule has 0 aromatic carbocycles. The molecule has 2 rings (SSSR count). The molecule has 0 amide bonds. The molecular weight excluding hydrogens is 168 g/mol. The van der Waals surface area contributed by atoms with E-state index >= 15 is 0 Å². The maximum Gasteiger partial charge on any atom is 0.141 e. The van der Waals surface area contributed by atoms with E-state index in [-0.39, 0.29) is 12.2 Å². The summed E-state index contributed by atoms with van der Waals surface area (Å²) in [5, 5.41) is 9.40. The van der Waals surface area contributed by atoms with Gasteiger partial charge in [0.15, 0.2) is 0 Å². The van der Waals surface area contributed by atoms with E-state index in [1.165, 1.54) is 0 Å². The third-order valence-electron chi connectivity index (χ3n) is 1.89. The van der Waals surface area contributed by atoms with Crippen molar-refractivity contribution in [3.8, 4) is 5.75 Å².